The van der Waals surface area contributed by atoms with E-state index in [0.29, 0.717) is 11.3 Å². The van der Waals surface area contributed by atoms with Gasteiger partial charge in [-0.05, 0) is 42.0 Å². The van der Waals surface area contributed by atoms with Crippen molar-refractivity contribution < 1.29 is 17.6 Å². The molecule has 0 unspecified atom stereocenters. The van der Waals surface area contributed by atoms with Gasteiger partial charge in [-0.25, -0.2) is 17.5 Å². The fourth-order valence-corrected chi connectivity index (χ4v) is 3.82. The van der Waals surface area contributed by atoms with Crippen molar-refractivity contribution >= 4 is 33.4 Å². The molecule has 0 heterocycles. The number of amides is 1. The number of benzene rings is 2. The first kappa shape index (κ1) is 20.2. The molecule has 8 heteroatoms. The van der Waals surface area contributed by atoms with E-state index in [1.54, 1.807) is 36.4 Å². The Bertz CT molecular complexity index is 851. The maximum absolute atomic E-state index is 12.8. The molecule has 0 saturated heterocycles. The lowest BCUT2D eigenvalue weighted by atomic mass is 10.2. The maximum Gasteiger partial charge on any atom is 0.234 e. The van der Waals surface area contributed by atoms with Gasteiger partial charge in [0, 0.05) is 17.1 Å². The van der Waals surface area contributed by atoms with Crippen LogP contribution in [0.15, 0.2) is 66.1 Å². The molecule has 2 aromatic rings. The molecule has 0 aliphatic carbocycles. The predicted molar refractivity (Wildman–Crippen MR) is 103 cm³/mol. The summed E-state index contributed by atoms with van der Waals surface area (Å²) in [5.74, 6) is -0.476. The van der Waals surface area contributed by atoms with Crippen molar-refractivity contribution in [2.24, 2.45) is 0 Å². The molecule has 2 N–H and O–H groups in total. The van der Waals surface area contributed by atoms with Gasteiger partial charge in [-0.15, -0.1) is 18.3 Å². The van der Waals surface area contributed by atoms with Crippen LogP contribution in [0.25, 0.3) is 0 Å². The number of carbonyl (C=O) groups is 1. The first-order valence-electron chi connectivity index (χ1n) is 7.73. The zero-order valence-electron chi connectivity index (χ0n) is 13.9. The topological polar surface area (TPSA) is 75.3 Å². The second-order valence-electron chi connectivity index (χ2n) is 5.38. The zero-order chi connectivity index (χ0) is 19.0. The molecular formula is C18H19FN2O3S2. The van der Waals surface area contributed by atoms with Gasteiger partial charge in [0.25, 0.3) is 0 Å². The normalized spacial score (nSPS) is 11.1. The first-order valence-corrected chi connectivity index (χ1v) is 10.4. The third kappa shape index (κ3) is 6.99. The molecular weight excluding hydrogens is 375 g/mol. The largest absolute Gasteiger partial charge is 0.325 e. The molecule has 26 heavy (non-hydrogen) atoms. The quantitative estimate of drug-likeness (QED) is 0.506. The summed E-state index contributed by atoms with van der Waals surface area (Å²) >= 11 is 1.30. The van der Waals surface area contributed by atoms with E-state index in [-0.39, 0.29) is 29.8 Å². The Hall–Kier alpha value is -2.16. The summed E-state index contributed by atoms with van der Waals surface area (Å²) in [6.45, 7) is 3.65. The highest BCUT2D eigenvalue weighted by Crippen LogP contribution is 2.19. The van der Waals surface area contributed by atoms with Gasteiger partial charge in [0.15, 0.2) is 0 Å². The van der Waals surface area contributed by atoms with Crippen LogP contribution in [0.4, 0.5) is 10.1 Å². The minimum Gasteiger partial charge on any atom is -0.325 e. The third-order valence-corrected chi connectivity index (χ3v) is 5.56. The molecule has 0 fully saturated rings. The van der Waals surface area contributed by atoms with Crippen LogP contribution in [-0.4, -0.2) is 26.6 Å². The number of carbonyl (C=O) groups excluding carboxylic acids is 1. The van der Waals surface area contributed by atoms with E-state index >= 15 is 0 Å². The van der Waals surface area contributed by atoms with E-state index in [1.165, 1.54) is 30.0 Å². The highest BCUT2D eigenvalue weighted by Gasteiger charge is 2.10. The predicted octanol–water partition coefficient (Wildman–Crippen LogP) is 3.16. The lowest BCUT2D eigenvalue weighted by Gasteiger charge is -2.08. The monoisotopic (exact) mass is 394 g/mol. The molecule has 2 aromatic carbocycles. The number of anilines is 1. The van der Waals surface area contributed by atoms with Crippen molar-refractivity contribution in [2.75, 3.05) is 17.6 Å². The number of sulfonamides is 1. The van der Waals surface area contributed by atoms with Gasteiger partial charge in [0.05, 0.1) is 11.5 Å². The average Bonchev–Trinajstić information content (AvgIpc) is 2.61. The highest BCUT2D eigenvalue weighted by atomic mass is 32.2. The van der Waals surface area contributed by atoms with Crippen molar-refractivity contribution in [1.29, 1.82) is 0 Å². The molecule has 0 aromatic heterocycles. The molecule has 5 nitrogen and oxygen atoms in total. The van der Waals surface area contributed by atoms with Gasteiger partial charge in [0.2, 0.25) is 15.9 Å². The Morgan fingerprint density at radius 3 is 2.38 bits per heavy atom. The molecule has 0 radical (unpaired) electrons. The summed E-state index contributed by atoms with van der Waals surface area (Å²) < 4.78 is 38.8. The number of hydrogen-bond donors (Lipinski definition) is 2. The van der Waals surface area contributed by atoms with E-state index < -0.39 is 10.0 Å². The fraction of sp³-hybridized carbons (Fsp3) is 0.167. The lowest BCUT2D eigenvalue weighted by molar-refractivity contribution is -0.113. The molecule has 2 rings (SSSR count). The van der Waals surface area contributed by atoms with Gasteiger partial charge in [0.1, 0.15) is 5.82 Å². The minimum atomic E-state index is -3.41. The standard InChI is InChI=1S/C18H19FN2O3S2/c1-2-11-20-26(23,24)13-14-3-7-16(8-4-14)21-18(22)12-25-17-9-5-15(19)6-10-17/h2-10,20H,1,11-13H2,(H,21,22). The van der Waals surface area contributed by atoms with Crippen molar-refractivity contribution in [3.05, 3.63) is 72.6 Å². The molecule has 0 spiro atoms. The van der Waals surface area contributed by atoms with Crippen LogP contribution < -0.4 is 10.0 Å². The van der Waals surface area contributed by atoms with E-state index in [2.05, 4.69) is 16.6 Å². The Morgan fingerprint density at radius 2 is 1.77 bits per heavy atom. The van der Waals surface area contributed by atoms with Crippen molar-refractivity contribution in [3.8, 4) is 0 Å². The number of rotatable bonds is 9. The van der Waals surface area contributed by atoms with Crippen LogP contribution in [0.3, 0.4) is 0 Å². The second kappa shape index (κ2) is 9.51. The molecule has 1 amide bonds. The highest BCUT2D eigenvalue weighted by molar-refractivity contribution is 8.00. The Labute approximate surface area is 156 Å². The van der Waals surface area contributed by atoms with Crippen molar-refractivity contribution in [2.45, 2.75) is 10.6 Å². The summed E-state index contributed by atoms with van der Waals surface area (Å²) in [5.41, 5.74) is 1.19. The van der Waals surface area contributed by atoms with Crippen LogP contribution in [0.5, 0.6) is 0 Å². The molecule has 0 saturated carbocycles. The molecule has 0 bridgehead atoms. The van der Waals surface area contributed by atoms with Gasteiger partial charge in [-0.2, -0.15) is 0 Å². The van der Waals surface area contributed by atoms with Gasteiger partial charge in [-0.3, -0.25) is 4.79 Å². The summed E-state index contributed by atoms with van der Waals surface area (Å²) in [6, 6.07) is 12.5. The van der Waals surface area contributed by atoms with Crippen LogP contribution >= 0.6 is 11.8 Å². The lowest BCUT2D eigenvalue weighted by Crippen LogP contribution is -2.25. The third-order valence-electron chi connectivity index (χ3n) is 3.23. The van der Waals surface area contributed by atoms with Crippen molar-refractivity contribution in [3.63, 3.8) is 0 Å². The first-order chi connectivity index (χ1) is 12.4. The second-order valence-corrected chi connectivity index (χ2v) is 8.24. The number of hydrogen-bond acceptors (Lipinski definition) is 4. The molecule has 0 aliphatic heterocycles. The fourth-order valence-electron chi connectivity index (χ4n) is 2.02. The number of nitrogens with one attached hydrogen (secondary N) is 2. The Balaban J connectivity index is 1.85. The van der Waals surface area contributed by atoms with Gasteiger partial charge in [-0.1, -0.05) is 18.2 Å². The van der Waals surface area contributed by atoms with E-state index in [1.807, 2.05) is 0 Å². The van der Waals surface area contributed by atoms with E-state index in [9.17, 15) is 17.6 Å². The average molecular weight is 394 g/mol. The smallest absolute Gasteiger partial charge is 0.234 e. The van der Waals surface area contributed by atoms with E-state index in [0.717, 1.165) is 4.90 Å². The SMILES string of the molecule is C=CCNS(=O)(=O)Cc1ccc(NC(=O)CSc2ccc(F)cc2)cc1. The number of thioether (sulfide) groups is 1. The number of halogens is 1. The van der Waals surface area contributed by atoms with Crippen molar-refractivity contribution in [1.82, 2.24) is 4.72 Å². The molecule has 138 valence electrons. The summed E-state index contributed by atoms with van der Waals surface area (Å²) in [7, 11) is -3.41. The van der Waals surface area contributed by atoms with E-state index in [4.69, 9.17) is 0 Å². The Morgan fingerprint density at radius 1 is 1.12 bits per heavy atom. The summed E-state index contributed by atoms with van der Waals surface area (Å²) in [4.78, 5) is 12.8. The van der Waals surface area contributed by atoms with Crippen LogP contribution in [0.2, 0.25) is 0 Å². The maximum atomic E-state index is 12.8. The van der Waals surface area contributed by atoms with Crippen LogP contribution in [0, 0.1) is 5.82 Å². The zero-order valence-corrected chi connectivity index (χ0v) is 15.6. The summed E-state index contributed by atoms with van der Waals surface area (Å²) in [6.07, 6.45) is 1.47. The van der Waals surface area contributed by atoms with Crippen LogP contribution in [-0.2, 0) is 20.6 Å². The molecule has 0 aliphatic rings. The van der Waals surface area contributed by atoms with Crippen LogP contribution in [0.1, 0.15) is 5.56 Å². The summed E-state index contributed by atoms with van der Waals surface area (Å²) in [5, 5.41) is 2.74. The Kier molecular flexibility index (Phi) is 7.38. The van der Waals surface area contributed by atoms with Gasteiger partial charge >= 0.3 is 0 Å². The minimum absolute atomic E-state index is 0.143. The molecule has 0 atom stereocenters. The van der Waals surface area contributed by atoms with Gasteiger partial charge < -0.3 is 5.32 Å².